The smallest absolute Gasteiger partial charge is 0.315 e. The normalized spacial score (nSPS) is 11.1. The minimum Gasteiger partial charge on any atom is -0.506 e. The largest absolute Gasteiger partial charge is 0.506 e. The average molecular weight is 350 g/mol. The van der Waals surface area contributed by atoms with E-state index in [1.54, 1.807) is 0 Å². The first-order valence-electron chi connectivity index (χ1n) is 6.64. The number of nitrogens with one attached hydrogen (secondary N) is 1. The molecule has 0 aliphatic carbocycles. The van der Waals surface area contributed by atoms with Crippen LogP contribution in [0.2, 0.25) is 0 Å². The zero-order chi connectivity index (χ0) is 19.3. The van der Waals surface area contributed by atoms with Gasteiger partial charge < -0.3 is 25.5 Å². The number of benzene rings is 1. The Labute approximate surface area is 141 Å². The topological polar surface area (TPSA) is 177 Å². The van der Waals surface area contributed by atoms with E-state index in [0.29, 0.717) is 6.07 Å². The van der Waals surface area contributed by atoms with Gasteiger partial charge in [0.2, 0.25) is 11.7 Å². The summed E-state index contributed by atoms with van der Waals surface area (Å²) in [5.41, 5.74) is -2.16. The summed E-state index contributed by atoms with van der Waals surface area (Å²) in [5, 5.41) is 51.3. The summed E-state index contributed by atoms with van der Waals surface area (Å²) < 4.78 is 0. The molecule has 0 saturated heterocycles. The van der Waals surface area contributed by atoms with Gasteiger partial charge in [-0.05, 0) is 6.07 Å². The fourth-order valence-electron chi connectivity index (χ4n) is 1.78. The number of aromatic hydroxyl groups is 2. The molecule has 0 bridgehead atoms. The van der Waals surface area contributed by atoms with Gasteiger partial charge in [0.1, 0.15) is 11.8 Å². The van der Waals surface area contributed by atoms with Gasteiger partial charge in [-0.1, -0.05) is 0 Å². The van der Waals surface area contributed by atoms with E-state index in [-0.39, 0.29) is 0 Å². The van der Waals surface area contributed by atoms with Crippen molar-refractivity contribution in [2.24, 2.45) is 0 Å². The van der Waals surface area contributed by atoms with Crippen LogP contribution in [0.3, 0.4) is 0 Å². The van der Waals surface area contributed by atoms with Crippen LogP contribution < -0.4 is 5.32 Å². The van der Waals surface area contributed by atoms with Crippen LogP contribution in [0, 0.1) is 21.4 Å². The summed E-state index contributed by atoms with van der Waals surface area (Å²) in [7, 11) is 2.55. The van der Waals surface area contributed by atoms with E-state index in [1.807, 2.05) is 0 Å². The van der Waals surface area contributed by atoms with Crippen molar-refractivity contribution >= 4 is 23.3 Å². The average Bonchev–Trinajstić information content (AvgIpc) is 2.56. The van der Waals surface area contributed by atoms with Crippen molar-refractivity contribution in [2.45, 2.75) is 0 Å². The van der Waals surface area contributed by atoms with E-state index in [1.165, 1.54) is 20.2 Å². The Morgan fingerprint density at radius 3 is 2.48 bits per heavy atom. The number of nitro benzene ring substituents is 1. The van der Waals surface area contributed by atoms with Crippen LogP contribution in [0.4, 0.5) is 5.69 Å². The van der Waals surface area contributed by atoms with Crippen molar-refractivity contribution in [1.29, 1.82) is 5.26 Å². The van der Waals surface area contributed by atoms with Crippen LogP contribution in [0.1, 0.15) is 5.56 Å². The molecule has 11 heteroatoms. The van der Waals surface area contributed by atoms with Gasteiger partial charge in [-0.25, -0.2) is 0 Å². The highest BCUT2D eigenvalue weighted by Crippen LogP contribution is 2.38. The maximum absolute atomic E-state index is 12.2. The van der Waals surface area contributed by atoms with Crippen molar-refractivity contribution in [3.05, 3.63) is 33.4 Å². The van der Waals surface area contributed by atoms with E-state index < -0.39 is 57.4 Å². The van der Waals surface area contributed by atoms with Crippen LogP contribution in [0.25, 0.3) is 5.76 Å². The molecule has 4 N–H and O–H groups in total. The molecule has 1 aromatic carbocycles. The maximum Gasteiger partial charge on any atom is 0.315 e. The number of rotatable bonds is 5. The molecule has 0 aromatic heterocycles. The van der Waals surface area contributed by atoms with E-state index >= 15 is 0 Å². The molecule has 0 heterocycles. The van der Waals surface area contributed by atoms with Crippen molar-refractivity contribution in [3.63, 3.8) is 0 Å². The predicted octanol–water partition coefficient (Wildman–Crippen LogP) is 0.00308. The third kappa shape index (κ3) is 4.14. The maximum atomic E-state index is 12.2. The fraction of sp³-hybridized carbons (Fsp3) is 0.214. The molecular formula is C14H14N4O7. The summed E-state index contributed by atoms with van der Waals surface area (Å²) in [6.45, 7) is -0.394. The van der Waals surface area contributed by atoms with Crippen molar-refractivity contribution in [2.75, 3.05) is 20.6 Å². The predicted molar refractivity (Wildman–Crippen MR) is 83.3 cm³/mol. The number of aliphatic hydroxyl groups is 1. The number of hydrogen-bond donors (Lipinski definition) is 4. The van der Waals surface area contributed by atoms with Gasteiger partial charge in [0, 0.05) is 25.7 Å². The van der Waals surface area contributed by atoms with E-state index in [9.17, 15) is 35.0 Å². The lowest BCUT2D eigenvalue weighted by molar-refractivity contribution is -0.386. The second-order valence-electron chi connectivity index (χ2n) is 4.79. The molecule has 25 heavy (non-hydrogen) atoms. The van der Waals surface area contributed by atoms with Gasteiger partial charge in [-0.2, -0.15) is 5.26 Å². The minimum atomic E-state index is -1.02. The van der Waals surface area contributed by atoms with Crippen molar-refractivity contribution < 1.29 is 29.8 Å². The Balaban J connectivity index is 3.39. The monoisotopic (exact) mass is 350 g/mol. The number of carbonyl (C=O) groups is 2. The molecular weight excluding hydrogens is 336 g/mol. The molecule has 2 amide bonds. The minimum absolute atomic E-state index is 0.394. The molecule has 132 valence electrons. The molecule has 0 radical (unpaired) electrons. The molecule has 0 spiro atoms. The fourth-order valence-corrected chi connectivity index (χ4v) is 1.78. The summed E-state index contributed by atoms with van der Waals surface area (Å²) in [5.74, 6) is -4.43. The Bertz CT molecular complexity index is 810. The van der Waals surface area contributed by atoms with E-state index in [0.717, 1.165) is 11.0 Å². The number of likely N-dealkylation sites (N-methyl/N-ethyl adjacent to an activating group) is 2. The SMILES string of the molecule is CNC(=O)CN(C)C(=O)/C(C#N)=C(\O)c1cc(O)c(O)c([N+](=O)[O-])c1. The molecule has 0 fully saturated rings. The van der Waals surface area contributed by atoms with Crippen LogP contribution in [0.15, 0.2) is 17.7 Å². The van der Waals surface area contributed by atoms with Gasteiger partial charge in [0.15, 0.2) is 11.3 Å². The third-order valence-corrected chi connectivity index (χ3v) is 3.11. The molecule has 1 aromatic rings. The number of hydrogen-bond acceptors (Lipinski definition) is 8. The number of phenols is 2. The number of phenolic OH excluding ortho intramolecular Hbond substituents is 2. The van der Waals surface area contributed by atoms with Crippen molar-refractivity contribution in [3.8, 4) is 17.6 Å². The Kier molecular flexibility index (Phi) is 5.88. The van der Waals surface area contributed by atoms with Gasteiger partial charge in [0.05, 0.1) is 11.5 Å². The lowest BCUT2D eigenvalue weighted by atomic mass is 10.1. The number of aliphatic hydroxyl groups excluding tert-OH is 1. The Morgan fingerprint density at radius 1 is 1.40 bits per heavy atom. The second-order valence-corrected chi connectivity index (χ2v) is 4.79. The highest BCUT2D eigenvalue weighted by Gasteiger charge is 2.25. The zero-order valence-corrected chi connectivity index (χ0v) is 13.2. The summed E-state index contributed by atoms with van der Waals surface area (Å²) >= 11 is 0. The van der Waals surface area contributed by atoms with Crippen LogP contribution >= 0.6 is 0 Å². The third-order valence-electron chi connectivity index (χ3n) is 3.11. The molecule has 0 unspecified atom stereocenters. The van der Waals surface area contributed by atoms with Gasteiger partial charge >= 0.3 is 5.69 Å². The molecule has 0 aliphatic heterocycles. The van der Waals surface area contributed by atoms with Gasteiger partial charge in [0.25, 0.3) is 5.91 Å². The van der Waals surface area contributed by atoms with Crippen LogP contribution in [-0.2, 0) is 9.59 Å². The first-order chi connectivity index (χ1) is 11.6. The first-order valence-corrected chi connectivity index (χ1v) is 6.64. The lowest BCUT2D eigenvalue weighted by Crippen LogP contribution is -2.37. The summed E-state index contributed by atoms with van der Waals surface area (Å²) in [6, 6.07) is 2.89. The van der Waals surface area contributed by atoms with Crippen LogP contribution in [-0.4, -0.2) is 57.6 Å². The standard InChI is InChI=1S/C14H14N4O7/c1-16-11(20)6-17(2)14(23)8(5-15)12(21)7-3-9(18(24)25)13(22)10(19)4-7/h3-4,19,21-22H,6H2,1-2H3,(H,16,20)/b12-8-. The summed E-state index contributed by atoms with van der Waals surface area (Å²) in [6.07, 6.45) is 0. The lowest BCUT2D eigenvalue weighted by Gasteiger charge is -2.16. The molecule has 11 nitrogen and oxygen atoms in total. The number of nitriles is 1. The zero-order valence-electron chi connectivity index (χ0n) is 13.2. The van der Waals surface area contributed by atoms with Gasteiger partial charge in [-0.3, -0.25) is 19.7 Å². The van der Waals surface area contributed by atoms with E-state index in [2.05, 4.69) is 5.32 Å². The Morgan fingerprint density at radius 2 is 2.00 bits per heavy atom. The first kappa shape index (κ1) is 19.2. The number of carbonyl (C=O) groups excluding carboxylic acids is 2. The Hall–Kier alpha value is -3.81. The highest BCUT2D eigenvalue weighted by molar-refractivity contribution is 6.04. The quantitative estimate of drug-likeness (QED) is 0.143. The molecule has 0 atom stereocenters. The van der Waals surface area contributed by atoms with Crippen molar-refractivity contribution in [1.82, 2.24) is 10.2 Å². The molecule has 1 rings (SSSR count). The number of amides is 2. The second kappa shape index (κ2) is 7.64. The highest BCUT2D eigenvalue weighted by atomic mass is 16.6. The molecule has 0 saturated carbocycles. The number of nitrogens with zero attached hydrogens (tertiary/aromatic N) is 3. The number of nitro groups is 1. The molecule has 0 aliphatic rings. The van der Waals surface area contributed by atoms with Gasteiger partial charge in [-0.15, -0.1) is 0 Å². The summed E-state index contributed by atoms with van der Waals surface area (Å²) in [4.78, 5) is 34.1. The van der Waals surface area contributed by atoms with Crippen LogP contribution in [0.5, 0.6) is 11.5 Å². The van der Waals surface area contributed by atoms with E-state index in [4.69, 9.17) is 5.26 Å².